The van der Waals surface area contributed by atoms with Gasteiger partial charge in [0.05, 0.1) is 4.90 Å². The van der Waals surface area contributed by atoms with Crippen molar-refractivity contribution in [3.63, 3.8) is 0 Å². The number of sulfonamides is 1. The van der Waals surface area contributed by atoms with Crippen LogP contribution in [-0.2, 0) is 10.0 Å². The van der Waals surface area contributed by atoms with Crippen LogP contribution in [0.25, 0.3) is 0 Å². The molecule has 0 aliphatic rings. The van der Waals surface area contributed by atoms with Crippen molar-refractivity contribution in [2.45, 2.75) is 11.8 Å². The van der Waals surface area contributed by atoms with Gasteiger partial charge in [-0.1, -0.05) is 29.3 Å². The van der Waals surface area contributed by atoms with Crippen molar-refractivity contribution in [2.24, 2.45) is 0 Å². The first-order valence-corrected chi connectivity index (χ1v) is 9.96. The third-order valence-corrected chi connectivity index (χ3v) is 5.48. The molecule has 0 saturated heterocycles. The van der Waals surface area contributed by atoms with Crippen LogP contribution < -0.4 is 10.0 Å². The van der Waals surface area contributed by atoms with Gasteiger partial charge in [-0.2, -0.15) is 0 Å². The van der Waals surface area contributed by atoms with Crippen LogP contribution in [-0.4, -0.2) is 14.3 Å². The standard InChI is InChI=1S/C20H17ClN2O3S/c1-14-2-8-17(9-3-14)22-20(24)15-4-10-18(11-5-15)23-27(25,26)19-12-6-16(21)7-13-19/h2-13,23H,1H3,(H,22,24). The van der Waals surface area contributed by atoms with Gasteiger partial charge < -0.3 is 5.32 Å². The Morgan fingerprint density at radius 2 is 1.37 bits per heavy atom. The summed E-state index contributed by atoms with van der Waals surface area (Å²) in [6.07, 6.45) is 0. The Kier molecular flexibility index (Phi) is 5.48. The van der Waals surface area contributed by atoms with Crippen molar-refractivity contribution >= 4 is 38.9 Å². The van der Waals surface area contributed by atoms with Crippen LogP contribution in [0.3, 0.4) is 0 Å². The number of nitrogens with one attached hydrogen (secondary N) is 2. The quantitative estimate of drug-likeness (QED) is 0.651. The van der Waals surface area contributed by atoms with Crippen LogP contribution in [0.15, 0.2) is 77.7 Å². The van der Waals surface area contributed by atoms with Gasteiger partial charge in [-0.25, -0.2) is 8.42 Å². The molecule has 0 radical (unpaired) electrons. The van der Waals surface area contributed by atoms with E-state index in [0.717, 1.165) is 5.56 Å². The average Bonchev–Trinajstić information content (AvgIpc) is 2.64. The average molecular weight is 401 g/mol. The van der Waals surface area contributed by atoms with Gasteiger partial charge in [0.2, 0.25) is 0 Å². The van der Waals surface area contributed by atoms with Gasteiger partial charge in [0.15, 0.2) is 0 Å². The van der Waals surface area contributed by atoms with Gasteiger partial charge in [-0.3, -0.25) is 9.52 Å². The predicted octanol–water partition coefficient (Wildman–Crippen LogP) is 4.70. The fraction of sp³-hybridized carbons (Fsp3) is 0.0500. The monoisotopic (exact) mass is 400 g/mol. The summed E-state index contributed by atoms with van der Waals surface area (Å²) in [6.45, 7) is 1.97. The lowest BCUT2D eigenvalue weighted by Crippen LogP contribution is -2.14. The Balaban J connectivity index is 1.70. The topological polar surface area (TPSA) is 75.3 Å². The summed E-state index contributed by atoms with van der Waals surface area (Å²) < 4.78 is 27.2. The van der Waals surface area contributed by atoms with E-state index in [0.29, 0.717) is 22.0 Å². The molecule has 3 aromatic carbocycles. The van der Waals surface area contributed by atoms with E-state index < -0.39 is 10.0 Å². The summed E-state index contributed by atoms with van der Waals surface area (Å²) in [5.74, 6) is -0.272. The Bertz CT molecular complexity index is 1050. The van der Waals surface area contributed by atoms with Crippen LogP contribution in [0.2, 0.25) is 5.02 Å². The zero-order valence-corrected chi connectivity index (χ0v) is 16.0. The molecule has 27 heavy (non-hydrogen) atoms. The van der Waals surface area contributed by atoms with E-state index >= 15 is 0 Å². The van der Waals surface area contributed by atoms with E-state index in [-0.39, 0.29) is 10.8 Å². The summed E-state index contributed by atoms with van der Waals surface area (Å²) in [5, 5.41) is 3.25. The highest BCUT2D eigenvalue weighted by Crippen LogP contribution is 2.19. The molecule has 0 aromatic heterocycles. The van der Waals surface area contributed by atoms with E-state index in [9.17, 15) is 13.2 Å². The number of carbonyl (C=O) groups is 1. The highest BCUT2D eigenvalue weighted by molar-refractivity contribution is 7.92. The maximum absolute atomic E-state index is 12.4. The Morgan fingerprint density at radius 3 is 1.96 bits per heavy atom. The Morgan fingerprint density at radius 1 is 0.815 bits per heavy atom. The Hall–Kier alpha value is -2.83. The fourth-order valence-corrected chi connectivity index (χ4v) is 3.54. The molecule has 3 aromatic rings. The van der Waals surface area contributed by atoms with Crippen molar-refractivity contribution in [2.75, 3.05) is 10.0 Å². The minimum absolute atomic E-state index is 0.105. The second kappa shape index (κ2) is 7.82. The minimum Gasteiger partial charge on any atom is -0.322 e. The van der Waals surface area contributed by atoms with Crippen molar-refractivity contribution in [3.05, 3.63) is 88.9 Å². The number of anilines is 2. The fourth-order valence-electron chi connectivity index (χ4n) is 2.36. The highest BCUT2D eigenvalue weighted by atomic mass is 35.5. The molecule has 5 nitrogen and oxygen atoms in total. The van der Waals surface area contributed by atoms with E-state index in [1.807, 2.05) is 31.2 Å². The smallest absolute Gasteiger partial charge is 0.261 e. The van der Waals surface area contributed by atoms with Gasteiger partial charge in [-0.15, -0.1) is 0 Å². The van der Waals surface area contributed by atoms with Crippen LogP contribution in [0, 0.1) is 6.92 Å². The predicted molar refractivity (Wildman–Crippen MR) is 108 cm³/mol. The van der Waals surface area contributed by atoms with Gasteiger partial charge >= 0.3 is 0 Å². The molecule has 0 saturated carbocycles. The number of benzene rings is 3. The lowest BCUT2D eigenvalue weighted by molar-refractivity contribution is 0.102. The number of halogens is 1. The molecule has 0 aliphatic heterocycles. The molecule has 2 N–H and O–H groups in total. The second-order valence-electron chi connectivity index (χ2n) is 5.96. The maximum atomic E-state index is 12.4. The summed E-state index contributed by atoms with van der Waals surface area (Å²) in [6, 6.07) is 19.5. The first kappa shape index (κ1) is 18.9. The number of aryl methyl sites for hydroxylation is 1. The largest absolute Gasteiger partial charge is 0.322 e. The van der Waals surface area contributed by atoms with Gasteiger partial charge in [-0.05, 0) is 67.6 Å². The molecule has 0 aliphatic carbocycles. The molecule has 0 spiro atoms. The first-order chi connectivity index (χ1) is 12.8. The SMILES string of the molecule is Cc1ccc(NC(=O)c2ccc(NS(=O)(=O)c3ccc(Cl)cc3)cc2)cc1. The molecule has 3 rings (SSSR count). The normalized spacial score (nSPS) is 11.0. The van der Waals surface area contributed by atoms with E-state index in [4.69, 9.17) is 11.6 Å². The summed E-state index contributed by atoms with van der Waals surface area (Å²) >= 11 is 5.78. The number of rotatable bonds is 5. The molecule has 1 amide bonds. The minimum atomic E-state index is -3.73. The summed E-state index contributed by atoms with van der Waals surface area (Å²) in [4.78, 5) is 12.4. The number of hydrogen-bond donors (Lipinski definition) is 2. The lowest BCUT2D eigenvalue weighted by atomic mass is 10.2. The van der Waals surface area contributed by atoms with Crippen LogP contribution in [0.4, 0.5) is 11.4 Å². The molecule has 138 valence electrons. The zero-order chi connectivity index (χ0) is 19.4. The maximum Gasteiger partial charge on any atom is 0.261 e. The van der Waals surface area contributed by atoms with Crippen molar-refractivity contribution in [1.82, 2.24) is 0 Å². The third kappa shape index (κ3) is 4.87. The lowest BCUT2D eigenvalue weighted by Gasteiger charge is -2.09. The van der Waals surface area contributed by atoms with Crippen LogP contribution >= 0.6 is 11.6 Å². The van der Waals surface area contributed by atoms with E-state index in [2.05, 4.69) is 10.0 Å². The Labute approximate surface area is 163 Å². The van der Waals surface area contributed by atoms with Crippen LogP contribution in [0.5, 0.6) is 0 Å². The van der Waals surface area contributed by atoms with Crippen molar-refractivity contribution in [3.8, 4) is 0 Å². The highest BCUT2D eigenvalue weighted by Gasteiger charge is 2.14. The zero-order valence-electron chi connectivity index (χ0n) is 14.4. The van der Waals surface area contributed by atoms with Crippen LogP contribution in [0.1, 0.15) is 15.9 Å². The number of carbonyl (C=O) groups excluding carboxylic acids is 1. The van der Waals surface area contributed by atoms with E-state index in [1.54, 1.807) is 12.1 Å². The summed E-state index contributed by atoms with van der Waals surface area (Å²) in [7, 11) is -3.73. The molecule has 0 bridgehead atoms. The first-order valence-electron chi connectivity index (χ1n) is 8.10. The molecular weight excluding hydrogens is 384 g/mol. The third-order valence-electron chi connectivity index (χ3n) is 3.83. The molecule has 0 unspecified atom stereocenters. The van der Waals surface area contributed by atoms with Gasteiger partial charge in [0.25, 0.3) is 15.9 Å². The van der Waals surface area contributed by atoms with Crippen molar-refractivity contribution < 1.29 is 13.2 Å². The second-order valence-corrected chi connectivity index (χ2v) is 8.08. The number of hydrogen-bond acceptors (Lipinski definition) is 3. The molecule has 0 atom stereocenters. The summed E-state index contributed by atoms with van der Waals surface area (Å²) in [5.41, 5.74) is 2.57. The molecule has 0 heterocycles. The van der Waals surface area contributed by atoms with Gasteiger partial charge in [0.1, 0.15) is 0 Å². The molecule has 0 fully saturated rings. The van der Waals surface area contributed by atoms with Crippen molar-refractivity contribution in [1.29, 1.82) is 0 Å². The molecule has 7 heteroatoms. The van der Waals surface area contributed by atoms with Gasteiger partial charge in [0, 0.05) is 22.0 Å². The number of amides is 1. The van der Waals surface area contributed by atoms with E-state index in [1.165, 1.54) is 36.4 Å². The molecular formula is C20H17ClN2O3S.